The number of nitrogens with two attached hydrogens (primary N) is 1. The second-order valence-corrected chi connectivity index (χ2v) is 3.23. The van der Waals surface area contributed by atoms with Crippen LogP contribution in [0.25, 0.3) is 0 Å². The van der Waals surface area contributed by atoms with E-state index in [1.807, 2.05) is 0 Å². The Balaban J connectivity index is 3.01. The molecular weight excluding hydrogens is 225 g/mol. The molecule has 16 heavy (non-hydrogen) atoms. The van der Waals surface area contributed by atoms with E-state index < -0.39 is 35.3 Å². The number of hydrogen-bond donors (Lipinski definition) is 1. The summed E-state index contributed by atoms with van der Waals surface area (Å²) in [5.41, 5.74) is 4.54. The van der Waals surface area contributed by atoms with Gasteiger partial charge in [0, 0.05) is 11.6 Å². The van der Waals surface area contributed by atoms with Crippen molar-refractivity contribution in [2.75, 3.05) is 0 Å². The third-order valence-corrected chi connectivity index (χ3v) is 2.02. The van der Waals surface area contributed by atoms with Crippen LogP contribution >= 0.6 is 0 Å². The molecule has 0 saturated carbocycles. The average molecular weight is 234 g/mol. The molecule has 0 aliphatic rings. The van der Waals surface area contributed by atoms with Gasteiger partial charge in [-0.3, -0.25) is 10.1 Å². The molecule has 0 spiro atoms. The maximum atomic E-state index is 12.8. The van der Waals surface area contributed by atoms with Crippen LogP contribution in [0.1, 0.15) is 5.56 Å². The first-order valence-electron chi connectivity index (χ1n) is 4.38. The Labute approximate surface area is 89.0 Å². The Morgan fingerprint density at radius 2 is 2.06 bits per heavy atom. The summed E-state index contributed by atoms with van der Waals surface area (Å²) >= 11 is 0. The maximum absolute atomic E-state index is 12.8. The lowest BCUT2D eigenvalue weighted by atomic mass is 10.0. The number of rotatable bonds is 4. The second kappa shape index (κ2) is 4.93. The van der Waals surface area contributed by atoms with E-state index in [9.17, 15) is 23.3 Å². The lowest BCUT2D eigenvalue weighted by molar-refractivity contribution is -0.385. The standard InChI is InChI=1S/C9H9F3N2O2/c10-6-1-2-8(14(15)16)5(3-6)4-7(13)9(11)12/h1-3,7,9H,4,13H2. The molecule has 88 valence electrons. The van der Waals surface area contributed by atoms with Gasteiger partial charge in [0.2, 0.25) is 0 Å². The minimum atomic E-state index is -2.80. The summed E-state index contributed by atoms with van der Waals surface area (Å²) in [6.45, 7) is 0. The Hall–Kier alpha value is -1.63. The lowest BCUT2D eigenvalue weighted by Crippen LogP contribution is -2.31. The fourth-order valence-electron chi connectivity index (χ4n) is 1.24. The van der Waals surface area contributed by atoms with Gasteiger partial charge in [0.15, 0.2) is 0 Å². The van der Waals surface area contributed by atoms with E-state index in [1.54, 1.807) is 0 Å². The van der Waals surface area contributed by atoms with Gasteiger partial charge >= 0.3 is 0 Å². The zero-order valence-corrected chi connectivity index (χ0v) is 8.07. The van der Waals surface area contributed by atoms with Crippen LogP contribution in [0.3, 0.4) is 0 Å². The lowest BCUT2D eigenvalue weighted by Gasteiger charge is -2.10. The van der Waals surface area contributed by atoms with E-state index >= 15 is 0 Å². The van der Waals surface area contributed by atoms with Gasteiger partial charge in [-0.2, -0.15) is 0 Å². The predicted octanol–water partition coefficient (Wildman–Crippen LogP) is 1.87. The van der Waals surface area contributed by atoms with E-state index in [0.29, 0.717) is 0 Å². The fraction of sp³-hybridized carbons (Fsp3) is 0.333. The van der Waals surface area contributed by atoms with Crippen molar-refractivity contribution in [3.8, 4) is 0 Å². The van der Waals surface area contributed by atoms with Gasteiger partial charge in [0.1, 0.15) is 5.82 Å². The summed E-state index contributed by atoms with van der Waals surface area (Å²) in [4.78, 5) is 9.78. The Bertz CT molecular complexity index is 398. The van der Waals surface area contributed by atoms with Crippen molar-refractivity contribution >= 4 is 5.69 Å². The average Bonchev–Trinajstić information content (AvgIpc) is 2.16. The molecule has 7 heteroatoms. The van der Waals surface area contributed by atoms with Crippen molar-refractivity contribution in [2.45, 2.75) is 18.9 Å². The van der Waals surface area contributed by atoms with Gasteiger partial charge in [-0.15, -0.1) is 0 Å². The Morgan fingerprint density at radius 3 is 2.56 bits per heavy atom. The van der Waals surface area contributed by atoms with Crippen molar-refractivity contribution in [1.29, 1.82) is 0 Å². The molecule has 1 atom stereocenters. The topological polar surface area (TPSA) is 69.2 Å². The molecule has 0 amide bonds. The molecule has 0 aromatic heterocycles. The second-order valence-electron chi connectivity index (χ2n) is 3.23. The Morgan fingerprint density at radius 1 is 1.44 bits per heavy atom. The normalized spacial score (nSPS) is 12.8. The highest BCUT2D eigenvalue weighted by molar-refractivity contribution is 5.40. The summed E-state index contributed by atoms with van der Waals surface area (Å²) in [6, 6.07) is 1.14. The summed E-state index contributed by atoms with van der Waals surface area (Å²) in [6.07, 6.45) is -3.24. The first-order valence-corrected chi connectivity index (χ1v) is 4.38. The largest absolute Gasteiger partial charge is 0.323 e. The Kier molecular flexibility index (Phi) is 3.83. The third kappa shape index (κ3) is 2.93. The third-order valence-electron chi connectivity index (χ3n) is 2.02. The molecule has 0 saturated heterocycles. The van der Waals surface area contributed by atoms with Gasteiger partial charge < -0.3 is 5.73 Å². The molecule has 0 aliphatic carbocycles. The van der Waals surface area contributed by atoms with Crippen LogP contribution in [0.4, 0.5) is 18.9 Å². The number of nitro benzene ring substituents is 1. The SMILES string of the molecule is NC(Cc1cc(F)ccc1[N+](=O)[O-])C(F)F. The van der Waals surface area contributed by atoms with Crippen LogP contribution in [0, 0.1) is 15.9 Å². The molecule has 1 unspecified atom stereocenters. The summed E-state index contributed by atoms with van der Waals surface area (Å²) in [5, 5.41) is 10.5. The van der Waals surface area contributed by atoms with Crippen LogP contribution in [0.5, 0.6) is 0 Å². The maximum Gasteiger partial charge on any atom is 0.272 e. The first-order chi connectivity index (χ1) is 7.41. The van der Waals surface area contributed by atoms with E-state index in [4.69, 9.17) is 5.73 Å². The molecule has 2 N–H and O–H groups in total. The number of hydrogen-bond acceptors (Lipinski definition) is 3. The van der Waals surface area contributed by atoms with E-state index in [1.165, 1.54) is 0 Å². The molecule has 1 rings (SSSR count). The molecule has 0 bridgehead atoms. The zero-order chi connectivity index (χ0) is 12.3. The highest BCUT2D eigenvalue weighted by Crippen LogP contribution is 2.21. The number of benzene rings is 1. The zero-order valence-electron chi connectivity index (χ0n) is 8.07. The van der Waals surface area contributed by atoms with Crippen molar-refractivity contribution < 1.29 is 18.1 Å². The minimum absolute atomic E-state index is 0.127. The predicted molar refractivity (Wildman–Crippen MR) is 50.7 cm³/mol. The van der Waals surface area contributed by atoms with Crippen LogP contribution < -0.4 is 5.73 Å². The summed E-state index contributed by atoms with van der Waals surface area (Å²) in [7, 11) is 0. The van der Waals surface area contributed by atoms with Gasteiger partial charge in [-0.05, 0) is 18.6 Å². The van der Waals surface area contributed by atoms with Crippen LogP contribution in [0.15, 0.2) is 18.2 Å². The van der Waals surface area contributed by atoms with Gasteiger partial charge in [-0.1, -0.05) is 0 Å². The minimum Gasteiger partial charge on any atom is -0.323 e. The van der Waals surface area contributed by atoms with Crippen LogP contribution in [-0.4, -0.2) is 17.4 Å². The number of halogens is 3. The van der Waals surface area contributed by atoms with E-state index in [-0.39, 0.29) is 5.56 Å². The smallest absolute Gasteiger partial charge is 0.272 e. The number of nitrogens with zero attached hydrogens (tertiary/aromatic N) is 1. The number of nitro groups is 1. The highest BCUT2D eigenvalue weighted by atomic mass is 19.3. The molecule has 4 nitrogen and oxygen atoms in total. The number of alkyl halides is 2. The van der Waals surface area contributed by atoms with E-state index in [2.05, 4.69) is 0 Å². The highest BCUT2D eigenvalue weighted by Gasteiger charge is 2.21. The molecule has 1 aromatic carbocycles. The van der Waals surface area contributed by atoms with Crippen molar-refractivity contribution in [3.05, 3.63) is 39.7 Å². The van der Waals surface area contributed by atoms with Crippen molar-refractivity contribution in [3.63, 3.8) is 0 Å². The first kappa shape index (κ1) is 12.4. The van der Waals surface area contributed by atoms with Crippen molar-refractivity contribution in [2.24, 2.45) is 5.73 Å². The van der Waals surface area contributed by atoms with Gasteiger partial charge in [0.25, 0.3) is 12.1 Å². The fourth-order valence-corrected chi connectivity index (χ4v) is 1.24. The quantitative estimate of drug-likeness (QED) is 0.638. The molecule has 1 aromatic rings. The van der Waals surface area contributed by atoms with Crippen LogP contribution in [-0.2, 0) is 6.42 Å². The molecule has 0 radical (unpaired) electrons. The summed E-state index contributed by atoms with van der Waals surface area (Å²) < 4.78 is 37.1. The molecule has 0 heterocycles. The monoisotopic (exact) mass is 234 g/mol. The van der Waals surface area contributed by atoms with Crippen molar-refractivity contribution in [1.82, 2.24) is 0 Å². The molecule has 0 aliphatic heterocycles. The summed E-state index contributed by atoms with van der Waals surface area (Å²) in [5.74, 6) is -0.720. The van der Waals surface area contributed by atoms with E-state index in [0.717, 1.165) is 18.2 Å². The van der Waals surface area contributed by atoms with Gasteiger partial charge in [0.05, 0.1) is 11.0 Å². The molecule has 0 fully saturated rings. The van der Waals surface area contributed by atoms with Crippen LogP contribution in [0.2, 0.25) is 0 Å². The van der Waals surface area contributed by atoms with Gasteiger partial charge in [-0.25, -0.2) is 13.2 Å². The molecular formula is C9H9F3N2O2.